The van der Waals surface area contributed by atoms with Gasteiger partial charge in [-0.05, 0) is 50.6 Å². The van der Waals surface area contributed by atoms with Crippen LogP contribution in [0.4, 0.5) is 5.00 Å². The van der Waals surface area contributed by atoms with Crippen LogP contribution in [0.2, 0.25) is 0 Å². The van der Waals surface area contributed by atoms with E-state index in [1.54, 1.807) is 21.0 Å². The summed E-state index contributed by atoms with van der Waals surface area (Å²) in [6.45, 7) is 5.09. The summed E-state index contributed by atoms with van der Waals surface area (Å²) in [6.07, 6.45) is 1.49. The summed E-state index contributed by atoms with van der Waals surface area (Å²) in [5.41, 5.74) is 2.81. The third kappa shape index (κ3) is 4.88. The Kier molecular flexibility index (Phi) is 7.41. The van der Waals surface area contributed by atoms with Gasteiger partial charge < -0.3 is 14.8 Å². The number of ether oxygens (including phenoxy) is 2. The lowest BCUT2D eigenvalue weighted by Crippen LogP contribution is -2.08. The van der Waals surface area contributed by atoms with Crippen LogP contribution in [-0.2, 0) is 4.74 Å². The number of hydrogen-bond donors (Lipinski definition) is 1. The van der Waals surface area contributed by atoms with Crippen LogP contribution in [0.5, 0.6) is 5.75 Å². The van der Waals surface area contributed by atoms with Crippen molar-refractivity contribution in [1.29, 1.82) is 5.26 Å². The Morgan fingerprint density at radius 3 is 2.59 bits per heavy atom. The molecule has 3 rings (SSSR count). The van der Waals surface area contributed by atoms with Gasteiger partial charge in [-0.25, -0.2) is 9.78 Å². The molecule has 0 unspecified atom stereocenters. The quantitative estimate of drug-likeness (QED) is 0.263. The van der Waals surface area contributed by atoms with Gasteiger partial charge in [-0.2, -0.15) is 5.26 Å². The third-order valence-corrected chi connectivity index (χ3v) is 6.73. The maximum atomic E-state index is 12.4. The van der Waals surface area contributed by atoms with Crippen molar-refractivity contribution >= 4 is 45.0 Å². The summed E-state index contributed by atoms with van der Waals surface area (Å²) in [4.78, 5) is 29.4. The van der Waals surface area contributed by atoms with Gasteiger partial charge in [0.2, 0.25) is 0 Å². The number of carbonyl (C=O) groups excluding carboxylic acids is 2. The van der Waals surface area contributed by atoms with E-state index < -0.39 is 5.97 Å². The number of thiazole rings is 1. The van der Waals surface area contributed by atoms with E-state index in [9.17, 15) is 14.9 Å². The van der Waals surface area contributed by atoms with Crippen molar-refractivity contribution in [3.8, 4) is 23.1 Å². The number of nitriles is 1. The molecule has 0 spiro atoms. The standard InChI is InChI=1S/C23H21N3O4S2/c1-5-30-23(28)19-13(2)20(14(3)27)32-22(19)25-11-16(10-24)21-26-18(12-31-21)15-6-8-17(29-4)9-7-15/h6-9,11-12,25H,5H2,1-4H3. The Hall–Kier alpha value is -3.48. The topological polar surface area (TPSA) is 101 Å². The normalized spacial score (nSPS) is 11.0. The molecule has 0 fully saturated rings. The Morgan fingerprint density at radius 1 is 1.28 bits per heavy atom. The molecule has 164 valence electrons. The fourth-order valence-corrected chi connectivity index (χ4v) is 4.83. The zero-order valence-corrected chi connectivity index (χ0v) is 19.6. The second-order valence-corrected chi connectivity index (χ2v) is 8.50. The maximum absolute atomic E-state index is 12.4. The predicted octanol–water partition coefficient (Wildman–Crippen LogP) is 5.54. The number of benzene rings is 1. The lowest BCUT2D eigenvalue weighted by molar-refractivity contribution is 0.0527. The average molecular weight is 468 g/mol. The number of hydrogen-bond acceptors (Lipinski definition) is 9. The minimum absolute atomic E-state index is 0.139. The second kappa shape index (κ2) is 10.2. The van der Waals surface area contributed by atoms with Crippen molar-refractivity contribution < 1.29 is 19.1 Å². The van der Waals surface area contributed by atoms with E-state index in [0.717, 1.165) is 28.3 Å². The predicted molar refractivity (Wildman–Crippen MR) is 126 cm³/mol. The number of ketones is 1. The van der Waals surface area contributed by atoms with Gasteiger partial charge in [-0.3, -0.25) is 4.79 Å². The van der Waals surface area contributed by atoms with E-state index in [1.165, 1.54) is 24.5 Å². The average Bonchev–Trinajstić information content (AvgIpc) is 3.39. The highest BCUT2D eigenvalue weighted by atomic mass is 32.1. The third-order valence-electron chi connectivity index (χ3n) is 4.53. The first kappa shape index (κ1) is 23.2. The number of anilines is 1. The van der Waals surface area contributed by atoms with Crippen LogP contribution in [0.1, 0.15) is 44.4 Å². The molecule has 0 atom stereocenters. The number of allylic oxidation sites excluding steroid dienone is 1. The molecule has 1 N–H and O–H groups in total. The van der Waals surface area contributed by atoms with Gasteiger partial charge >= 0.3 is 5.97 Å². The zero-order valence-electron chi connectivity index (χ0n) is 18.0. The zero-order chi connectivity index (χ0) is 23.3. The van der Waals surface area contributed by atoms with Crippen molar-refractivity contribution in [2.45, 2.75) is 20.8 Å². The molecular formula is C23H21N3O4S2. The smallest absolute Gasteiger partial charge is 0.341 e. The first-order valence-corrected chi connectivity index (χ1v) is 11.4. The molecule has 0 aliphatic heterocycles. The number of thiophene rings is 1. The highest BCUT2D eigenvalue weighted by molar-refractivity contribution is 7.18. The van der Waals surface area contributed by atoms with Crippen molar-refractivity contribution in [2.24, 2.45) is 0 Å². The summed E-state index contributed by atoms with van der Waals surface area (Å²) in [7, 11) is 1.61. The number of methoxy groups -OCH3 is 1. The van der Waals surface area contributed by atoms with Gasteiger partial charge in [-0.15, -0.1) is 22.7 Å². The Bertz CT molecular complexity index is 1220. The molecule has 0 aliphatic rings. The number of carbonyl (C=O) groups is 2. The number of Topliss-reactive ketones (excluding diaryl/α,β-unsaturated/α-hetero) is 1. The lowest BCUT2D eigenvalue weighted by atomic mass is 10.1. The molecule has 0 saturated heterocycles. The molecule has 7 nitrogen and oxygen atoms in total. The summed E-state index contributed by atoms with van der Waals surface area (Å²) in [5, 5.41) is 15.5. The summed E-state index contributed by atoms with van der Waals surface area (Å²) in [6, 6.07) is 9.63. The lowest BCUT2D eigenvalue weighted by Gasteiger charge is -2.05. The van der Waals surface area contributed by atoms with Gasteiger partial charge in [0.25, 0.3) is 0 Å². The Labute approximate surface area is 193 Å². The largest absolute Gasteiger partial charge is 0.497 e. The minimum Gasteiger partial charge on any atom is -0.497 e. The molecular weight excluding hydrogens is 446 g/mol. The molecule has 0 aliphatic carbocycles. The van der Waals surface area contributed by atoms with E-state index in [1.807, 2.05) is 29.6 Å². The number of esters is 1. The van der Waals surface area contributed by atoms with Gasteiger partial charge in [0.15, 0.2) is 5.78 Å². The van der Waals surface area contributed by atoms with Crippen LogP contribution in [0.15, 0.2) is 35.8 Å². The maximum Gasteiger partial charge on any atom is 0.341 e. The minimum atomic E-state index is -0.515. The number of nitrogens with zero attached hydrogens (tertiary/aromatic N) is 2. The van der Waals surface area contributed by atoms with Crippen molar-refractivity contribution in [1.82, 2.24) is 4.98 Å². The molecule has 2 aromatic heterocycles. The summed E-state index contributed by atoms with van der Waals surface area (Å²) in [5.74, 6) is 0.0958. The van der Waals surface area contributed by atoms with Crippen LogP contribution in [0.3, 0.4) is 0 Å². The van der Waals surface area contributed by atoms with E-state index in [-0.39, 0.29) is 12.4 Å². The molecule has 0 saturated carbocycles. The fourth-order valence-electron chi connectivity index (χ4n) is 2.97. The van der Waals surface area contributed by atoms with Crippen LogP contribution in [0, 0.1) is 18.3 Å². The van der Waals surface area contributed by atoms with Gasteiger partial charge in [0.1, 0.15) is 27.4 Å². The Morgan fingerprint density at radius 2 is 2.00 bits per heavy atom. The van der Waals surface area contributed by atoms with Gasteiger partial charge in [0.05, 0.1) is 29.9 Å². The second-order valence-electron chi connectivity index (χ2n) is 6.62. The van der Waals surface area contributed by atoms with Crippen LogP contribution in [-0.4, -0.2) is 30.5 Å². The SMILES string of the molecule is CCOC(=O)c1c(NC=C(C#N)c2nc(-c3ccc(OC)cc3)cs2)sc(C(C)=O)c1C. The van der Waals surface area contributed by atoms with Crippen LogP contribution in [0.25, 0.3) is 16.8 Å². The fraction of sp³-hybridized carbons (Fsp3) is 0.217. The molecule has 0 bridgehead atoms. The highest BCUT2D eigenvalue weighted by Gasteiger charge is 2.24. The first-order valence-electron chi connectivity index (χ1n) is 9.68. The number of aromatic nitrogens is 1. The van der Waals surface area contributed by atoms with E-state index in [0.29, 0.717) is 31.6 Å². The molecule has 1 aromatic carbocycles. The molecule has 3 aromatic rings. The molecule has 0 radical (unpaired) electrons. The molecule has 9 heteroatoms. The Balaban J connectivity index is 1.90. The van der Waals surface area contributed by atoms with Crippen LogP contribution >= 0.6 is 22.7 Å². The monoisotopic (exact) mass is 467 g/mol. The molecule has 0 amide bonds. The molecule has 32 heavy (non-hydrogen) atoms. The first-order chi connectivity index (χ1) is 15.4. The van der Waals surface area contributed by atoms with Crippen molar-refractivity contribution in [3.63, 3.8) is 0 Å². The van der Waals surface area contributed by atoms with Crippen molar-refractivity contribution in [3.05, 3.63) is 56.9 Å². The summed E-state index contributed by atoms with van der Waals surface area (Å²) < 4.78 is 10.3. The highest BCUT2D eigenvalue weighted by Crippen LogP contribution is 2.35. The van der Waals surface area contributed by atoms with E-state index >= 15 is 0 Å². The van der Waals surface area contributed by atoms with E-state index in [4.69, 9.17) is 9.47 Å². The summed E-state index contributed by atoms with van der Waals surface area (Å²) >= 11 is 2.50. The number of rotatable bonds is 8. The molecule has 2 heterocycles. The van der Waals surface area contributed by atoms with Crippen molar-refractivity contribution in [2.75, 3.05) is 19.0 Å². The number of nitrogens with one attached hydrogen (secondary N) is 1. The van der Waals surface area contributed by atoms with E-state index in [2.05, 4.69) is 16.4 Å². The van der Waals surface area contributed by atoms with Crippen LogP contribution < -0.4 is 10.1 Å². The van der Waals surface area contributed by atoms with Gasteiger partial charge in [-0.1, -0.05) is 0 Å². The van der Waals surface area contributed by atoms with Gasteiger partial charge in [0, 0.05) is 17.1 Å².